The Morgan fingerprint density at radius 3 is 2.54 bits per heavy atom. The molecule has 0 amide bonds. The fraction of sp³-hybridized carbons (Fsp3) is 0.261. The molecule has 5 heteroatoms. The van der Waals surface area contributed by atoms with Crippen molar-refractivity contribution in [1.82, 2.24) is 4.90 Å². The lowest BCUT2D eigenvalue weighted by Gasteiger charge is -2.21. The van der Waals surface area contributed by atoms with Gasteiger partial charge in [0.05, 0.1) is 0 Å². The highest BCUT2D eigenvalue weighted by Crippen LogP contribution is 2.33. The first-order chi connectivity index (χ1) is 13.5. The molecule has 0 aliphatic rings. The van der Waals surface area contributed by atoms with Crippen molar-refractivity contribution in [3.63, 3.8) is 0 Å². The van der Waals surface area contributed by atoms with E-state index in [2.05, 4.69) is 74.7 Å². The first-order valence-electron chi connectivity index (χ1n) is 9.29. The highest BCUT2D eigenvalue weighted by molar-refractivity contribution is 8.01. The SMILES string of the molecule is C=c1cc(-c2ccc(/C(C)=C(\C#N)SN)s2)cc/c1=C/C(=CC)N(CC)CC. The van der Waals surface area contributed by atoms with Crippen LogP contribution in [0.3, 0.4) is 0 Å². The van der Waals surface area contributed by atoms with Crippen LogP contribution < -0.4 is 15.6 Å². The van der Waals surface area contributed by atoms with E-state index in [1.54, 1.807) is 11.3 Å². The standard InChI is InChI=1S/C23H27N3S2/c1-6-20(26(7-2)8-3)14-18-9-10-19(13-16(18)4)22-12-11-21(27-22)17(5)23(15-24)28-25/h6,9-14H,4,7-8,25H2,1-3,5H3/b18-14-,20-6?,23-17+. The molecule has 28 heavy (non-hydrogen) atoms. The predicted molar refractivity (Wildman–Crippen MR) is 126 cm³/mol. The van der Waals surface area contributed by atoms with Crippen molar-refractivity contribution >= 4 is 41.5 Å². The Bertz CT molecular complexity index is 1030. The fourth-order valence-electron chi connectivity index (χ4n) is 3.01. The zero-order valence-corrected chi connectivity index (χ0v) is 18.6. The summed E-state index contributed by atoms with van der Waals surface area (Å²) in [4.78, 5) is 5.09. The number of allylic oxidation sites excluding steroid dienone is 4. The molecule has 0 unspecified atom stereocenters. The summed E-state index contributed by atoms with van der Waals surface area (Å²) in [6, 6.07) is 12.7. The molecule has 0 radical (unpaired) electrons. The maximum Gasteiger partial charge on any atom is 0.108 e. The van der Waals surface area contributed by atoms with Crippen LogP contribution in [0.5, 0.6) is 0 Å². The molecule has 2 rings (SSSR count). The molecular formula is C23H27N3S2. The lowest BCUT2D eigenvalue weighted by atomic mass is 10.1. The second-order valence-corrected chi connectivity index (χ2v) is 8.02. The molecule has 0 fully saturated rings. The summed E-state index contributed by atoms with van der Waals surface area (Å²) in [7, 11) is 0. The maximum absolute atomic E-state index is 9.19. The third-order valence-corrected chi connectivity index (χ3v) is 6.58. The van der Waals surface area contributed by atoms with E-state index in [0.717, 1.165) is 56.4 Å². The number of hydrogen-bond donors (Lipinski definition) is 1. The summed E-state index contributed by atoms with van der Waals surface area (Å²) in [5.41, 5.74) is 3.27. The van der Waals surface area contributed by atoms with Crippen LogP contribution in [-0.4, -0.2) is 18.0 Å². The zero-order valence-electron chi connectivity index (χ0n) is 17.0. The average molecular weight is 410 g/mol. The Hall–Kier alpha value is -2.26. The van der Waals surface area contributed by atoms with E-state index >= 15 is 0 Å². The number of nitriles is 1. The van der Waals surface area contributed by atoms with Gasteiger partial charge in [-0.1, -0.05) is 24.8 Å². The molecule has 3 nitrogen and oxygen atoms in total. The number of hydrogen-bond acceptors (Lipinski definition) is 5. The van der Waals surface area contributed by atoms with Gasteiger partial charge in [-0.2, -0.15) is 5.26 Å². The van der Waals surface area contributed by atoms with E-state index < -0.39 is 0 Å². The van der Waals surface area contributed by atoms with E-state index in [0.29, 0.717) is 4.91 Å². The van der Waals surface area contributed by atoms with Crippen LogP contribution >= 0.6 is 23.3 Å². The van der Waals surface area contributed by atoms with Crippen LogP contribution in [0, 0.1) is 11.3 Å². The van der Waals surface area contributed by atoms with Crippen LogP contribution in [0.15, 0.2) is 47.0 Å². The summed E-state index contributed by atoms with van der Waals surface area (Å²) in [6.45, 7) is 14.6. The van der Waals surface area contributed by atoms with Crippen LogP contribution in [-0.2, 0) is 0 Å². The highest BCUT2D eigenvalue weighted by atomic mass is 32.2. The van der Waals surface area contributed by atoms with Crippen molar-refractivity contribution in [1.29, 1.82) is 5.26 Å². The molecule has 0 aliphatic heterocycles. The molecule has 2 aromatic rings. The summed E-state index contributed by atoms with van der Waals surface area (Å²) in [6.07, 6.45) is 4.34. The van der Waals surface area contributed by atoms with Gasteiger partial charge in [-0.05, 0) is 85.5 Å². The lowest BCUT2D eigenvalue weighted by molar-refractivity contribution is 0.399. The minimum atomic E-state index is 0.548. The van der Waals surface area contributed by atoms with Gasteiger partial charge in [-0.15, -0.1) is 11.3 Å². The van der Waals surface area contributed by atoms with Crippen LogP contribution in [0.4, 0.5) is 0 Å². The summed E-state index contributed by atoms with van der Waals surface area (Å²) < 4.78 is 0. The number of thiophene rings is 1. The second kappa shape index (κ2) is 10.3. The minimum absolute atomic E-state index is 0.548. The Balaban J connectivity index is 2.41. The average Bonchev–Trinajstić information content (AvgIpc) is 3.20. The quantitative estimate of drug-likeness (QED) is 0.531. The van der Waals surface area contributed by atoms with E-state index in [4.69, 9.17) is 5.14 Å². The van der Waals surface area contributed by atoms with Crippen molar-refractivity contribution in [2.75, 3.05) is 13.1 Å². The Morgan fingerprint density at radius 2 is 2.00 bits per heavy atom. The smallest absolute Gasteiger partial charge is 0.108 e. The van der Waals surface area contributed by atoms with E-state index in [-0.39, 0.29) is 0 Å². The zero-order chi connectivity index (χ0) is 20.7. The number of nitrogens with zero attached hydrogens (tertiary/aromatic N) is 2. The Kier molecular flexibility index (Phi) is 8.13. The van der Waals surface area contributed by atoms with Crippen LogP contribution in [0.1, 0.15) is 32.6 Å². The molecular weight excluding hydrogens is 382 g/mol. The van der Waals surface area contributed by atoms with E-state index in [1.165, 1.54) is 5.70 Å². The molecule has 0 atom stereocenters. The second-order valence-electron chi connectivity index (χ2n) is 6.29. The largest absolute Gasteiger partial charge is 0.372 e. The highest BCUT2D eigenvalue weighted by Gasteiger charge is 2.09. The minimum Gasteiger partial charge on any atom is -0.372 e. The van der Waals surface area contributed by atoms with E-state index in [9.17, 15) is 5.26 Å². The molecule has 0 saturated heterocycles. The van der Waals surface area contributed by atoms with Crippen molar-refractivity contribution in [2.45, 2.75) is 27.7 Å². The summed E-state index contributed by atoms with van der Waals surface area (Å²) in [5, 5.41) is 16.9. The molecule has 2 N–H and O–H groups in total. The van der Waals surface area contributed by atoms with Gasteiger partial charge in [0.15, 0.2) is 0 Å². The fourth-order valence-corrected chi connectivity index (χ4v) is 4.42. The summed E-state index contributed by atoms with van der Waals surface area (Å²) in [5.74, 6) is 0. The van der Waals surface area contributed by atoms with Crippen molar-refractivity contribution in [3.8, 4) is 16.5 Å². The van der Waals surface area contributed by atoms with Crippen molar-refractivity contribution < 1.29 is 0 Å². The van der Waals surface area contributed by atoms with Gasteiger partial charge in [0.25, 0.3) is 0 Å². The van der Waals surface area contributed by atoms with Gasteiger partial charge in [-0.25, -0.2) is 0 Å². The van der Waals surface area contributed by atoms with Gasteiger partial charge >= 0.3 is 0 Å². The Morgan fingerprint density at radius 1 is 1.29 bits per heavy atom. The number of benzene rings is 1. The Labute approximate surface area is 176 Å². The molecule has 0 spiro atoms. The predicted octanol–water partition coefficient (Wildman–Crippen LogP) is 4.71. The normalized spacial score (nSPS) is 13.3. The van der Waals surface area contributed by atoms with E-state index in [1.807, 2.05) is 13.0 Å². The number of rotatable bonds is 7. The first kappa shape index (κ1) is 22.0. The van der Waals surface area contributed by atoms with Crippen LogP contribution in [0.2, 0.25) is 0 Å². The van der Waals surface area contributed by atoms with Crippen molar-refractivity contribution in [2.24, 2.45) is 5.14 Å². The third kappa shape index (κ3) is 4.96. The van der Waals surface area contributed by atoms with Gasteiger partial charge in [0.1, 0.15) is 11.0 Å². The monoisotopic (exact) mass is 409 g/mol. The third-order valence-electron chi connectivity index (χ3n) is 4.69. The molecule has 0 saturated carbocycles. The van der Waals surface area contributed by atoms with Gasteiger partial charge in [0, 0.05) is 28.5 Å². The maximum atomic E-state index is 9.19. The topological polar surface area (TPSA) is 53.1 Å². The van der Waals surface area contributed by atoms with Gasteiger partial charge in [-0.3, -0.25) is 5.14 Å². The molecule has 1 aromatic heterocycles. The van der Waals surface area contributed by atoms with Crippen molar-refractivity contribution in [3.05, 3.63) is 62.3 Å². The summed E-state index contributed by atoms with van der Waals surface area (Å²) >= 11 is 2.66. The number of nitrogens with two attached hydrogens (primary N) is 1. The molecule has 0 bridgehead atoms. The van der Waals surface area contributed by atoms with Gasteiger partial charge in [0.2, 0.25) is 0 Å². The molecule has 1 heterocycles. The van der Waals surface area contributed by atoms with Gasteiger partial charge < -0.3 is 4.90 Å². The molecule has 146 valence electrons. The molecule has 0 aliphatic carbocycles. The molecule has 1 aromatic carbocycles. The lowest BCUT2D eigenvalue weighted by Crippen LogP contribution is -2.27. The van der Waals surface area contributed by atoms with Crippen LogP contribution in [0.25, 0.3) is 28.7 Å². The first-order valence-corrected chi connectivity index (χ1v) is 11.0.